The summed E-state index contributed by atoms with van der Waals surface area (Å²) in [5.41, 5.74) is 0. The molecular weight excluding hydrogens is 102 g/mol. The van der Waals surface area contributed by atoms with Crippen LogP contribution in [0.4, 0.5) is 0 Å². The third-order valence-corrected chi connectivity index (χ3v) is 1.18. The fourth-order valence-electron chi connectivity index (χ4n) is 0.453. The molecule has 0 aliphatic carbocycles. The van der Waals surface area contributed by atoms with Gasteiger partial charge in [0.05, 0.1) is 0 Å². The normalized spacial score (nSPS) is 8.14. The van der Waals surface area contributed by atoms with Gasteiger partial charge >= 0.3 is 45.5 Å². The molecule has 1 aromatic rings. The summed E-state index contributed by atoms with van der Waals surface area (Å²) in [5.74, 6) is 2.02. The van der Waals surface area contributed by atoms with Gasteiger partial charge in [-0.3, -0.25) is 0 Å². The zero-order valence-electron chi connectivity index (χ0n) is 3.96. The van der Waals surface area contributed by atoms with E-state index in [1.54, 1.807) is 0 Å². The van der Waals surface area contributed by atoms with E-state index in [2.05, 4.69) is 9.24 Å². The van der Waals surface area contributed by atoms with Gasteiger partial charge in [0.1, 0.15) is 0 Å². The Bertz CT molecular complexity index is 138. The van der Waals surface area contributed by atoms with Gasteiger partial charge in [-0.05, 0) is 0 Å². The summed E-state index contributed by atoms with van der Waals surface area (Å²) in [7, 11) is 2.63. The van der Waals surface area contributed by atoms with Crippen molar-refractivity contribution in [2.24, 2.45) is 0 Å². The van der Waals surface area contributed by atoms with Crippen molar-refractivity contribution in [3.05, 3.63) is 24.2 Å². The molecule has 0 saturated carbocycles. The Labute approximate surface area is 46.4 Å². The molecule has 7 heavy (non-hydrogen) atoms. The van der Waals surface area contributed by atoms with Crippen molar-refractivity contribution in [2.75, 3.05) is 0 Å². The number of hydrogen-bond donors (Lipinski definition) is 0. The molecule has 1 heterocycles. The van der Waals surface area contributed by atoms with Gasteiger partial charge < -0.3 is 0 Å². The summed E-state index contributed by atoms with van der Waals surface area (Å²) in [6, 6.07) is 6.07. The van der Waals surface area contributed by atoms with Crippen LogP contribution in [0, 0.1) is 0 Å². The molecule has 0 aliphatic heterocycles. The summed E-state index contributed by atoms with van der Waals surface area (Å²) in [4.78, 5) is 0. The topological polar surface area (TPSA) is 0 Å². The molecule has 0 aromatic carbocycles. The van der Waals surface area contributed by atoms with Gasteiger partial charge in [-0.25, -0.2) is 0 Å². The van der Waals surface area contributed by atoms with Crippen LogP contribution < -0.4 is 5.20 Å². The molecule has 0 bridgehead atoms. The van der Waals surface area contributed by atoms with E-state index in [0.717, 1.165) is 0 Å². The van der Waals surface area contributed by atoms with Gasteiger partial charge in [0, 0.05) is 0 Å². The zero-order chi connectivity index (χ0) is 5.11. The average Bonchev–Trinajstić information content (AvgIpc) is 1.69. The summed E-state index contributed by atoms with van der Waals surface area (Å²) in [5, 5.41) is 1.24. The molecule has 0 aliphatic rings. The molecule has 1 aromatic heterocycles. The molecule has 1 atom stereocenters. The second kappa shape index (κ2) is 2.23. The van der Waals surface area contributed by atoms with Crippen LogP contribution >= 0.6 is 9.24 Å². The van der Waals surface area contributed by atoms with Crippen LogP contribution in [-0.4, -0.2) is 6.91 Å². The second-order valence-corrected chi connectivity index (χ2v) is 2.08. The van der Waals surface area contributed by atoms with Gasteiger partial charge in [0.15, 0.2) is 0 Å². The molecule has 0 spiro atoms. The fourth-order valence-corrected chi connectivity index (χ4v) is 0.675. The second-order valence-electron chi connectivity index (χ2n) is 1.41. The zero-order valence-corrected chi connectivity index (χ0v) is 5.12. The van der Waals surface area contributed by atoms with E-state index in [1.807, 2.05) is 31.1 Å². The molecule has 0 fully saturated rings. The van der Waals surface area contributed by atoms with Gasteiger partial charge in [0.2, 0.25) is 0 Å². The summed E-state index contributed by atoms with van der Waals surface area (Å²) < 4.78 is 0. The third kappa shape index (κ3) is 1.40. The van der Waals surface area contributed by atoms with E-state index in [-0.39, 0.29) is 0 Å². The maximum absolute atomic E-state index is 2.63. The molecule has 1 rings (SSSR count). The van der Waals surface area contributed by atoms with E-state index in [1.165, 1.54) is 5.20 Å². The van der Waals surface area contributed by atoms with Gasteiger partial charge in [0.25, 0.3) is 0 Å². The van der Waals surface area contributed by atoms with Crippen LogP contribution in [0.25, 0.3) is 0 Å². The van der Waals surface area contributed by atoms with Crippen molar-refractivity contribution in [1.82, 2.24) is 0 Å². The van der Waals surface area contributed by atoms with Crippen molar-refractivity contribution in [3.63, 3.8) is 0 Å². The first-order valence-electron chi connectivity index (χ1n) is 2.20. The maximum atomic E-state index is 2.63. The first kappa shape index (κ1) is 4.99. The Balaban J connectivity index is 3.02. The fraction of sp³-hybridized carbons (Fsp3) is 0. The van der Waals surface area contributed by atoms with E-state index < -0.39 is 0 Å². The summed E-state index contributed by atoms with van der Waals surface area (Å²) >= 11 is 0. The molecular formula is C5H6BP. The minimum absolute atomic E-state index is 1.24. The first-order valence-corrected chi connectivity index (χ1v) is 2.78. The predicted molar refractivity (Wildman–Crippen MR) is 37.1 cm³/mol. The van der Waals surface area contributed by atoms with Gasteiger partial charge in [-0.15, -0.1) is 0 Å². The minimum atomic E-state index is 1.24. The van der Waals surface area contributed by atoms with Crippen LogP contribution in [-0.2, 0) is 0 Å². The van der Waals surface area contributed by atoms with Crippen molar-refractivity contribution in [1.29, 1.82) is 0 Å². The number of rotatable bonds is 0. The summed E-state index contributed by atoms with van der Waals surface area (Å²) in [6.45, 7) is 2.05. The molecule has 0 saturated heterocycles. The molecule has 1 unspecified atom stereocenters. The van der Waals surface area contributed by atoms with Crippen LogP contribution in [0.15, 0.2) is 24.2 Å². The monoisotopic (exact) mass is 108 g/mol. The first-order chi connectivity index (χ1) is 3.39. The molecule has 0 amide bonds. The molecule has 2 heteroatoms. The molecule has 34 valence electrons. The quantitative estimate of drug-likeness (QED) is 0.425. The standard InChI is InChI=1S/C5H6BP/c7-5-3-1-2-4-6-5/h1-4H,7H2. The van der Waals surface area contributed by atoms with Gasteiger partial charge in [-0.2, -0.15) is 0 Å². The molecule has 0 radical (unpaired) electrons. The average molecular weight is 108 g/mol. The van der Waals surface area contributed by atoms with Crippen LogP contribution in [0.1, 0.15) is 0 Å². The van der Waals surface area contributed by atoms with Crippen LogP contribution in [0.3, 0.4) is 0 Å². The Morgan fingerprint density at radius 2 is 2.29 bits per heavy atom. The Kier molecular flexibility index (Phi) is 1.59. The molecule has 0 nitrogen and oxygen atoms in total. The van der Waals surface area contributed by atoms with Crippen molar-refractivity contribution >= 4 is 21.4 Å². The number of hydrogen-bond acceptors (Lipinski definition) is 0. The Morgan fingerprint density at radius 1 is 1.43 bits per heavy atom. The molecule has 0 N–H and O–H groups in total. The van der Waals surface area contributed by atoms with E-state index in [4.69, 9.17) is 0 Å². The van der Waals surface area contributed by atoms with E-state index >= 15 is 0 Å². The van der Waals surface area contributed by atoms with Crippen molar-refractivity contribution in [2.45, 2.75) is 0 Å². The van der Waals surface area contributed by atoms with Crippen LogP contribution in [0.5, 0.6) is 0 Å². The SMILES string of the molecule is Pc1bcccc1. The Morgan fingerprint density at radius 3 is 2.57 bits per heavy atom. The van der Waals surface area contributed by atoms with E-state index in [0.29, 0.717) is 0 Å². The summed E-state index contributed by atoms with van der Waals surface area (Å²) in [6.07, 6.45) is 0. The third-order valence-electron chi connectivity index (χ3n) is 0.800. The Hall–Kier alpha value is -0.155. The van der Waals surface area contributed by atoms with Crippen molar-refractivity contribution in [3.8, 4) is 0 Å². The van der Waals surface area contributed by atoms with Crippen molar-refractivity contribution < 1.29 is 0 Å². The van der Waals surface area contributed by atoms with Gasteiger partial charge in [-0.1, -0.05) is 0 Å². The van der Waals surface area contributed by atoms with E-state index in [9.17, 15) is 0 Å². The van der Waals surface area contributed by atoms with Crippen LogP contribution in [0.2, 0.25) is 0 Å². The predicted octanol–water partition coefficient (Wildman–Crippen LogP) is 0.525.